The van der Waals surface area contributed by atoms with Crippen LogP contribution in [0.15, 0.2) is 24.3 Å². The molecule has 1 aromatic heterocycles. The third-order valence-electron chi connectivity index (χ3n) is 3.20. The SMILES string of the molecule is O=C(CC1CNc2ccccc21)NCc1nn[nH]n1. The number of fused-ring (bicyclic) bond motifs is 1. The molecule has 2 heterocycles. The minimum Gasteiger partial charge on any atom is -0.384 e. The zero-order valence-corrected chi connectivity index (χ0v) is 10.3. The smallest absolute Gasteiger partial charge is 0.221 e. The molecule has 1 aliphatic rings. The van der Waals surface area contributed by atoms with Crippen LogP contribution in [0.25, 0.3) is 0 Å². The Morgan fingerprint density at radius 2 is 2.32 bits per heavy atom. The first-order valence-electron chi connectivity index (χ1n) is 6.15. The van der Waals surface area contributed by atoms with Gasteiger partial charge in [-0.15, -0.1) is 10.2 Å². The number of nitrogens with one attached hydrogen (secondary N) is 3. The van der Waals surface area contributed by atoms with Crippen molar-refractivity contribution in [2.45, 2.75) is 18.9 Å². The molecule has 0 saturated carbocycles. The van der Waals surface area contributed by atoms with Gasteiger partial charge >= 0.3 is 0 Å². The van der Waals surface area contributed by atoms with Gasteiger partial charge in [0.2, 0.25) is 5.91 Å². The summed E-state index contributed by atoms with van der Waals surface area (Å²) in [7, 11) is 0. The van der Waals surface area contributed by atoms with Crippen LogP contribution in [0.4, 0.5) is 5.69 Å². The number of hydrogen-bond donors (Lipinski definition) is 3. The number of amides is 1. The second-order valence-electron chi connectivity index (χ2n) is 4.47. The van der Waals surface area contributed by atoms with Gasteiger partial charge in [0.15, 0.2) is 5.82 Å². The van der Waals surface area contributed by atoms with E-state index in [4.69, 9.17) is 0 Å². The lowest BCUT2D eigenvalue weighted by Gasteiger charge is -2.09. The van der Waals surface area contributed by atoms with E-state index in [1.54, 1.807) is 0 Å². The van der Waals surface area contributed by atoms with E-state index in [9.17, 15) is 4.79 Å². The normalized spacial score (nSPS) is 16.7. The van der Waals surface area contributed by atoms with E-state index in [-0.39, 0.29) is 11.8 Å². The predicted molar refractivity (Wildman–Crippen MR) is 68.3 cm³/mol. The van der Waals surface area contributed by atoms with E-state index >= 15 is 0 Å². The largest absolute Gasteiger partial charge is 0.384 e. The van der Waals surface area contributed by atoms with Crippen LogP contribution in [0.5, 0.6) is 0 Å². The number of nitrogens with zero attached hydrogens (tertiary/aromatic N) is 3. The number of rotatable bonds is 4. The lowest BCUT2D eigenvalue weighted by atomic mass is 9.98. The molecule has 1 unspecified atom stereocenters. The van der Waals surface area contributed by atoms with Gasteiger partial charge in [-0.25, -0.2) is 0 Å². The summed E-state index contributed by atoms with van der Waals surface area (Å²) in [5.74, 6) is 0.702. The van der Waals surface area contributed by atoms with Crippen molar-refractivity contribution in [3.8, 4) is 0 Å². The summed E-state index contributed by atoms with van der Waals surface area (Å²) in [5, 5.41) is 19.4. The number of carbonyl (C=O) groups is 1. The molecule has 0 bridgehead atoms. The first kappa shape index (κ1) is 11.6. The summed E-state index contributed by atoms with van der Waals surface area (Å²) < 4.78 is 0. The highest BCUT2D eigenvalue weighted by atomic mass is 16.1. The lowest BCUT2D eigenvalue weighted by molar-refractivity contribution is -0.121. The number of aromatic nitrogens is 4. The van der Waals surface area contributed by atoms with Crippen LogP contribution in [0.2, 0.25) is 0 Å². The topological polar surface area (TPSA) is 95.6 Å². The number of para-hydroxylation sites is 1. The summed E-state index contributed by atoms with van der Waals surface area (Å²) in [6.45, 7) is 1.10. The molecule has 7 nitrogen and oxygen atoms in total. The molecule has 1 amide bonds. The van der Waals surface area contributed by atoms with Crippen LogP contribution in [0.3, 0.4) is 0 Å². The molecule has 98 valence electrons. The fraction of sp³-hybridized carbons (Fsp3) is 0.333. The van der Waals surface area contributed by atoms with Crippen LogP contribution in [-0.2, 0) is 11.3 Å². The summed E-state index contributed by atoms with van der Waals surface area (Å²) in [6.07, 6.45) is 0.460. The fourth-order valence-electron chi connectivity index (χ4n) is 2.27. The minimum absolute atomic E-state index is 0.00620. The van der Waals surface area contributed by atoms with E-state index in [1.807, 2.05) is 18.2 Å². The van der Waals surface area contributed by atoms with Crippen LogP contribution in [0.1, 0.15) is 23.7 Å². The Kier molecular flexibility index (Phi) is 3.09. The van der Waals surface area contributed by atoms with Crippen LogP contribution in [-0.4, -0.2) is 33.1 Å². The third-order valence-corrected chi connectivity index (χ3v) is 3.20. The van der Waals surface area contributed by atoms with Crippen molar-refractivity contribution in [2.24, 2.45) is 0 Å². The van der Waals surface area contributed by atoms with E-state index < -0.39 is 0 Å². The van der Waals surface area contributed by atoms with Crippen molar-refractivity contribution in [3.05, 3.63) is 35.7 Å². The maximum Gasteiger partial charge on any atom is 0.221 e. The lowest BCUT2D eigenvalue weighted by Crippen LogP contribution is -2.25. The van der Waals surface area contributed by atoms with Gasteiger partial charge in [-0.1, -0.05) is 23.4 Å². The number of benzene rings is 1. The van der Waals surface area contributed by atoms with Crippen molar-refractivity contribution < 1.29 is 4.79 Å². The Hall–Kier alpha value is -2.44. The molecule has 2 aromatic rings. The van der Waals surface area contributed by atoms with E-state index in [0.717, 1.165) is 12.2 Å². The van der Waals surface area contributed by atoms with Gasteiger partial charge in [0.05, 0.1) is 6.54 Å². The van der Waals surface area contributed by atoms with E-state index in [1.165, 1.54) is 5.56 Å². The Bertz CT molecular complexity index is 567. The molecule has 3 rings (SSSR count). The first-order chi connectivity index (χ1) is 9.33. The second kappa shape index (κ2) is 5.05. The van der Waals surface area contributed by atoms with Crippen molar-refractivity contribution in [3.63, 3.8) is 0 Å². The van der Waals surface area contributed by atoms with Gasteiger partial charge in [0, 0.05) is 24.6 Å². The Morgan fingerprint density at radius 1 is 1.42 bits per heavy atom. The summed E-state index contributed by atoms with van der Waals surface area (Å²) >= 11 is 0. The Balaban J connectivity index is 1.56. The standard InChI is InChI=1S/C12H14N6O/c19-12(14-7-11-15-17-18-16-11)5-8-6-13-10-4-2-1-3-9(8)10/h1-4,8,13H,5-7H2,(H,14,19)(H,15,16,17,18). The average Bonchev–Trinajstić information content (AvgIpc) is 3.07. The summed E-state index contributed by atoms with van der Waals surface area (Å²) in [5.41, 5.74) is 2.33. The molecule has 0 spiro atoms. The number of anilines is 1. The molecule has 0 fully saturated rings. The molecular formula is C12H14N6O. The second-order valence-corrected chi connectivity index (χ2v) is 4.47. The highest BCUT2D eigenvalue weighted by molar-refractivity contribution is 5.78. The Morgan fingerprint density at radius 3 is 3.16 bits per heavy atom. The first-order valence-corrected chi connectivity index (χ1v) is 6.15. The molecule has 0 aliphatic carbocycles. The maximum atomic E-state index is 11.9. The highest BCUT2D eigenvalue weighted by Gasteiger charge is 2.23. The summed E-state index contributed by atoms with van der Waals surface area (Å²) in [4.78, 5) is 11.9. The molecule has 1 aliphatic heterocycles. The number of H-pyrrole nitrogens is 1. The molecule has 0 saturated heterocycles. The van der Waals surface area contributed by atoms with E-state index in [0.29, 0.717) is 18.8 Å². The summed E-state index contributed by atoms with van der Waals surface area (Å²) in [6, 6.07) is 8.08. The molecule has 3 N–H and O–H groups in total. The van der Waals surface area contributed by atoms with Gasteiger partial charge in [-0.3, -0.25) is 4.79 Å². The highest BCUT2D eigenvalue weighted by Crippen LogP contribution is 2.32. The number of hydrogen-bond acceptors (Lipinski definition) is 5. The van der Waals surface area contributed by atoms with Gasteiger partial charge in [0.1, 0.15) is 0 Å². The van der Waals surface area contributed by atoms with Crippen molar-refractivity contribution in [1.82, 2.24) is 25.9 Å². The zero-order chi connectivity index (χ0) is 13.1. The number of aromatic amines is 1. The minimum atomic E-state index is -0.00620. The number of tetrazole rings is 1. The Labute approximate surface area is 109 Å². The molecule has 0 radical (unpaired) electrons. The molecule has 1 aromatic carbocycles. The fourth-order valence-corrected chi connectivity index (χ4v) is 2.27. The zero-order valence-electron chi connectivity index (χ0n) is 10.3. The third kappa shape index (κ3) is 2.54. The van der Waals surface area contributed by atoms with Crippen molar-refractivity contribution in [1.29, 1.82) is 0 Å². The molecular weight excluding hydrogens is 244 g/mol. The van der Waals surface area contributed by atoms with E-state index in [2.05, 4.69) is 37.3 Å². The molecule has 1 atom stereocenters. The van der Waals surface area contributed by atoms with Crippen LogP contribution < -0.4 is 10.6 Å². The molecule has 7 heteroatoms. The van der Waals surface area contributed by atoms with Gasteiger partial charge in [-0.05, 0) is 11.6 Å². The quantitative estimate of drug-likeness (QED) is 0.738. The van der Waals surface area contributed by atoms with Gasteiger partial charge in [-0.2, -0.15) is 5.21 Å². The van der Waals surface area contributed by atoms with Crippen molar-refractivity contribution in [2.75, 3.05) is 11.9 Å². The van der Waals surface area contributed by atoms with Crippen LogP contribution >= 0.6 is 0 Å². The predicted octanol–water partition coefficient (Wildman–Crippen LogP) is 0.415. The average molecular weight is 258 g/mol. The van der Waals surface area contributed by atoms with Crippen molar-refractivity contribution >= 4 is 11.6 Å². The maximum absolute atomic E-state index is 11.9. The van der Waals surface area contributed by atoms with Crippen LogP contribution in [0, 0.1) is 0 Å². The monoisotopic (exact) mass is 258 g/mol. The number of carbonyl (C=O) groups excluding carboxylic acids is 1. The molecule has 19 heavy (non-hydrogen) atoms. The van der Waals surface area contributed by atoms with Gasteiger partial charge in [0.25, 0.3) is 0 Å². The van der Waals surface area contributed by atoms with Gasteiger partial charge < -0.3 is 10.6 Å².